The zero-order valence-electron chi connectivity index (χ0n) is 35.8. The largest absolute Gasteiger partial charge is 0.455 e. The normalized spacial score (nSPS) is 12.1. The van der Waals surface area contributed by atoms with Gasteiger partial charge >= 0.3 is 0 Å². The van der Waals surface area contributed by atoms with E-state index in [4.69, 9.17) is 9.72 Å². The van der Waals surface area contributed by atoms with Gasteiger partial charge in [-0.15, -0.1) is 0 Å². The predicted octanol–water partition coefficient (Wildman–Crippen LogP) is 16.0. The highest BCUT2D eigenvalue weighted by Crippen LogP contribution is 2.45. The first-order valence-corrected chi connectivity index (χ1v) is 22.6. The van der Waals surface area contributed by atoms with Gasteiger partial charge in [-0.25, -0.2) is 4.98 Å². The van der Waals surface area contributed by atoms with Crippen molar-refractivity contribution in [1.29, 1.82) is 0 Å². The Balaban J connectivity index is 1.14. The molecular weight excluding hydrogens is 849 g/mol. The number of pyridine rings is 1. The first-order chi connectivity index (χ1) is 31.3. The van der Waals surface area contributed by atoms with E-state index in [0.717, 1.165) is 78.0 Å². The number of hydrogen-bond acceptors (Lipinski definition) is 2. The molecule has 0 aliphatic heterocycles. The lowest BCUT2D eigenvalue weighted by molar-refractivity contribution is 0.481. The van der Waals surface area contributed by atoms with E-state index >= 15 is 0 Å². The molecule has 5 nitrogen and oxygen atoms in total. The molecule has 8 aromatic carbocycles. The highest BCUT2D eigenvalue weighted by Gasteiger charge is 2.24. The van der Waals surface area contributed by atoms with Crippen LogP contribution in [0.4, 0.5) is 0 Å². The van der Waals surface area contributed by atoms with Crippen molar-refractivity contribution >= 4 is 81.3 Å². The number of benzene rings is 8. The maximum atomic E-state index is 7.10. The molecule has 0 radical (unpaired) electrons. The number of hydrogen-bond donors (Lipinski definition) is 0. The third-order valence-electron chi connectivity index (χ3n) is 12.8. The number of halogens is 1. The average molecular weight is 892 g/mol. The first kappa shape index (κ1) is 38.3. The highest BCUT2D eigenvalue weighted by atomic mass is 79.9. The Labute approximate surface area is 379 Å². The van der Waals surface area contributed by atoms with Crippen LogP contribution in [0.1, 0.15) is 31.9 Å². The molecule has 0 bridgehead atoms. The molecule has 0 atom stereocenters. The van der Waals surface area contributed by atoms with Crippen molar-refractivity contribution in [2.75, 3.05) is 0 Å². The number of ether oxygens (including phenoxy) is 1. The molecule has 0 amide bonds. The van der Waals surface area contributed by atoms with Crippen LogP contribution in [0.15, 0.2) is 199 Å². The van der Waals surface area contributed by atoms with Crippen molar-refractivity contribution in [3.63, 3.8) is 0 Å². The number of para-hydroxylation sites is 4. The SMILES string of the molecule is CC(C)(C)c1ccnc(-n2c3ccccc3c3cc(-n4c5ccccc5c5cccc(-c6ccc7c(c6)c6ccccc6n7Cc6ccccc6)c54)c(Oc4cccc(Br)c4)cc32)c1. The molecule has 64 heavy (non-hydrogen) atoms. The van der Waals surface area contributed by atoms with Gasteiger partial charge < -0.3 is 13.9 Å². The van der Waals surface area contributed by atoms with Crippen LogP contribution in [-0.2, 0) is 12.0 Å². The van der Waals surface area contributed by atoms with Crippen LogP contribution in [-0.4, -0.2) is 18.7 Å². The summed E-state index contributed by atoms with van der Waals surface area (Å²) >= 11 is 3.71. The van der Waals surface area contributed by atoms with E-state index in [1.165, 1.54) is 43.7 Å². The lowest BCUT2D eigenvalue weighted by Crippen LogP contribution is -2.12. The van der Waals surface area contributed by atoms with Crippen molar-refractivity contribution in [2.24, 2.45) is 0 Å². The minimum atomic E-state index is -0.0450. The molecule has 0 N–H and O–H groups in total. The molecule has 12 rings (SSSR count). The van der Waals surface area contributed by atoms with Crippen molar-refractivity contribution in [3.05, 3.63) is 210 Å². The minimum absolute atomic E-state index is 0.0450. The zero-order valence-corrected chi connectivity index (χ0v) is 37.3. The number of rotatable bonds is 7. The number of aromatic nitrogens is 4. The molecule has 0 aliphatic rings. The summed E-state index contributed by atoms with van der Waals surface area (Å²) in [5.41, 5.74) is 12.5. The number of nitrogens with zero attached hydrogens (tertiary/aromatic N) is 4. The third kappa shape index (κ3) is 6.23. The summed E-state index contributed by atoms with van der Waals surface area (Å²) in [7, 11) is 0. The summed E-state index contributed by atoms with van der Waals surface area (Å²) in [5, 5.41) is 7.11. The smallest absolute Gasteiger partial charge is 0.153 e. The molecule has 4 heterocycles. The molecule has 0 unspecified atom stereocenters. The van der Waals surface area contributed by atoms with Gasteiger partial charge in [-0.3, -0.25) is 4.57 Å². The second-order valence-corrected chi connectivity index (χ2v) is 18.7. The molecule has 0 fully saturated rings. The van der Waals surface area contributed by atoms with E-state index < -0.39 is 0 Å². The summed E-state index contributed by atoms with van der Waals surface area (Å²) in [5.74, 6) is 2.35. The van der Waals surface area contributed by atoms with Crippen LogP contribution in [0, 0.1) is 0 Å². The van der Waals surface area contributed by atoms with Gasteiger partial charge in [-0.05, 0) is 88.8 Å². The summed E-state index contributed by atoms with van der Waals surface area (Å²) < 4.78 is 15.2. The van der Waals surface area contributed by atoms with Crippen LogP contribution in [0.3, 0.4) is 0 Å². The van der Waals surface area contributed by atoms with Gasteiger partial charge in [0.2, 0.25) is 0 Å². The van der Waals surface area contributed by atoms with Gasteiger partial charge in [0.25, 0.3) is 0 Å². The Bertz CT molecular complexity index is 3790. The van der Waals surface area contributed by atoms with E-state index in [1.54, 1.807) is 0 Å². The van der Waals surface area contributed by atoms with Gasteiger partial charge in [-0.1, -0.05) is 152 Å². The lowest BCUT2D eigenvalue weighted by Gasteiger charge is -2.20. The number of fused-ring (bicyclic) bond motifs is 9. The van der Waals surface area contributed by atoms with E-state index in [9.17, 15) is 0 Å². The van der Waals surface area contributed by atoms with E-state index in [-0.39, 0.29) is 5.41 Å². The van der Waals surface area contributed by atoms with E-state index in [0.29, 0.717) is 0 Å². The Morgan fingerprint density at radius 3 is 1.92 bits per heavy atom. The van der Waals surface area contributed by atoms with E-state index in [1.807, 2.05) is 30.5 Å². The van der Waals surface area contributed by atoms with Crippen LogP contribution in [0.2, 0.25) is 0 Å². The van der Waals surface area contributed by atoms with Crippen molar-refractivity contribution < 1.29 is 4.74 Å². The van der Waals surface area contributed by atoms with Gasteiger partial charge in [0.1, 0.15) is 11.6 Å². The highest BCUT2D eigenvalue weighted by molar-refractivity contribution is 9.10. The van der Waals surface area contributed by atoms with Crippen LogP contribution in [0.25, 0.3) is 88.0 Å². The maximum absolute atomic E-state index is 7.10. The molecule has 0 saturated heterocycles. The predicted molar refractivity (Wildman–Crippen MR) is 270 cm³/mol. The minimum Gasteiger partial charge on any atom is -0.455 e. The summed E-state index contributed by atoms with van der Waals surface area (Å²) in [6.45, 7) is 7.54. The lowest BCUT2D eigenvalue weighted by atomic mass is 9.88. The Morgan fingerprint density at radius 1 is 0.516 bits per heavy atom. The van der Waals surface area contributed by atoms with Crippen LogP contribution < -0.4 is 4.74 Å². The molecule has 6 heteroatoms. The fourth-order valence-corrected chi connectivity index (χ4v) is 10.2. The molecule has 308 valence electrons. The van der Waals surface area contributed by atoms with Gasteiger partial charge in [-0.2, -0.15) is 0 Å². The quantitative estimate of drug-likeness (QED) is 0.160. The zero-order chi connectivity index (χ0) is 43.1. The molecule has 0 aliphatic carbocycles. The summed E-state index contributed by atoms with van der Waals surface area (Å²) in [4.78, 5) is 4.99. The van der Waals surface area contributed by atoms with Crippen molar-refractivity contribution in [3.8, 4) is 34.1 Å². The second kappa shape index (κ2) is 14.9. The van der Waals surface area contributed by atoms with Gasteiger partial charge in [0.15, 0.2) is 5.75 Å². The third-order valence-corrected chi connectivity index (χ3v) is 13.3. The van der Waals surface area contributed by atoms with Crippen LogP contribution >= 0.6 is 15.9 Å². The second-order valence-electron chi connectivity index (χ2n) is 17.8. The summed E-state index contributed by atoms with van der Waals surface area (Å²) in [6.07, 6.45) is 1.93. The monoisotopic (exact) mass is 890 g/mol. The first-order valence-electron chi connectivity index (χ1n) is 21.8. The molecular formula is C58H43BrN4O. The standard InChI is InChI=1S/C58H43BrN4O/c1-58(2,3)39-29-30-60-56(32-39)62-51-25-11-9-21-45(51)48-34-54(55(35-53(48)62)64-41-18-13-17-40(59)33-41)63-52-26-12-8-19-43(52)46-23-14-22-42(57(46)63)38-27-28-50-47(31-38)44-20-7-10-24-49(44)61(50)36-37-15-5-4-6-16-37/h4-35H,36H2,1-3H3. The van der Waals surface area contributed by atoms with Gasteiger partial charge in [0, 0.05) is 72.2 Å². The fourth-order valence-electron chi connectivity index (χ4n) is 9.81. The molecule has 0 saturated carbocycles. The van der Waals surface area contributed by atoms with Crippen LogP contribution in [0.5, 0.6) is 11.5 Å². The topological polar surface area (TPSA) is 36.9 Å². The molecule has 0 spiro atoms. The van der Waals surface area contributed by atoms with Crippen molar-refractivity contribution in [1.82, 2.24) is 18.7 Å². The van der Waals surface area contributed by atoms with Crippen molar-refractivity contribution in [2.45, 2.75) is 32.7 Å². The maximum Gasteiger partial charge on any atom is 0.153 e. The molecule has 12 aromatic rings. The Morgan fingerprint density at radius 2 is 1.16 bits per heavy atom. The molecule has 4 aromatic heterocycles. The average Bonchev–Trinajstić information content (AvgIpc) is 3.94. The Hall–Kier alpha value is -7.41. The summed E-state index contributed by atoms with van der Waals surface area (Å²) in [6, 6.07) is 67.7. The van der Waals surface area contributed by atoms with Gasteiger partial charge in [0.05, 0.1) is 27.8 Å². The fraction of sp³-hybridized carbons (Fsp3) is 0.0862. The van der Waals surface area contributed by atoms with E-state index in [2.05, 4.69) is 214 Å². The Kier molecular flexibility index (Phi) is 8.89.